The molecule has 6 nitrogen and oxygen atoms in total. The predicted octanol–water partition coefficient (Wildman–Crippen LogP) is 14.9. The van der Waals surface area contributed by atoms with Crippen LogP contribution in [0, 0.1) is 0 Å². The Labute approximate surface area is 332 Å². The third kappa shape index (κ3) is 13.2. The Morgan fingerprint density at radius 2 is 0.481 bits per heavy atom. The zero-order valence-electron chi connectivity index (χ0n) is 38.9. The Morgan fingerprint density at radius 1 is 0.288 bits per heavy atom. The first-order valence-corrected chi connectivity index (χ1v) is 32.3. The van der Waals surface area contributed by atoms with Gasteiger partial charge in [-0.15, -0.1) is 0 Å². The van der Waals surface area contributed by atoms with E-state index in [4.69, 9.17) is 25.6 Å². The van der Waals surface area contributed by atoms with Crippen LogP contribution < -0.4 is 0 Å². The zero-order chi connectivity index (χ0) is 40.7. The predicted molar refractivity (Wildman–Crippen MR) is 240 cm³/mol. The molecule has 0 aromatic rings. The summed E-state index contributed by atoms with van der Waals surface area (Å²) in [7, 11) is -12.9. The van der Waals surface area contributed by atoms with Gasteiger partial charge in [-0.1, -0.05) is 150 Å². The second-order valence-corrected chi connectivity index (χ2v) is 41.1. The van der Waals surface area contributed by atoms with E-state index in [9.17, 15) is 0 Å². The third-order valence-electron chi connectivity index (χ3n) is 12.4. The standard InChI is InChI=1S/C41H94O6Si5/c1-22-42-48(43-23-2,44-24-3)31-29-27-25-26-28-30-32-49(45-50(33(4)5,34(6)7)35(8)9,46-51(36(10)11,37(12)13)38(14)15)47-52(39(16)17,40(18)19)41(20)21/h33-41H,22-32H2,1-21H3. The quantitative estimate of drug-likeness (QED) is 0.0531. The number of rotatable bonds is 30. The van der Waals surface area contributed by atoms with Crippen LogP contribution in [-0.2, 0) is 25.6 Å². The summed E-state index contributed by atoms with van der Waals surface area (Å²) in [5.74, 6) is 0. The van der Waals surface area contributed by atoms with Crippen molar-refractivity contribution in [2.45, 2.75) is 246 Å². The van der Waals surface area contributed by atoms with E-state index in [1.807, 2.05) is 20.8 Å². The van der Waals surface area contributed by atoms with Gasteiger partial charge < -0.3 is 25.6 Å². The lowest BCUT2D eigenvalue weighted by molar-refractivity contribution is 0.0706. The largest absolute Gasteiger partial charge is 0.500 e. The van der Waals surface area contributed by atoms with Crippen molar-refractivity contribution in [3.63, 3.8) is 0 Å². The van der Waals surface area contributed by atoms with Crippen LogP contribution in [0.5, 0.6) is 0 Å². The van der Waals surface area contributed by atoms with Crippen LogP contribution in [0.3, 0.4) is 0 Å². The van der Waals surface area contributed by atoms with Gasteiger partial charge in [0.2, 0.25) is 0 Å². The minimum absolute atomic E-state index is 0.466. The van der Waals surface area contributed by atoms with E-state index in [2.05, 4.69) is 125 Å². The van der Waals surface area contributed by atoms with E-state index in [0.29, 0.717) is 69.7 Å². The molecule has 0 fully saturated rings. The summed E-state index contributed by atoms with van der Waals surface area (Å²) in [4.78, 5) is 0. The zero-order valence-corrected chi connectivity index (χ0v) is 43.9. The number of hydrogen-bond acceptors (Lipinski definition) is 6. The Bertz CT molecular complexity index is 775. The van der Waals surface area contributed by atoms with Crippen molar-refractivity contribution in [1.82, 2.24) is 0 Å². The van der Waals surface area contributed by atoms with Crippen LogP contribution in [0.25, 0.3) is 0 Å². The van der Waals surface area contributed by atoms with E-state index in [-0.39, 0.29) is 0 Å². The monoisotopic (exact) mass is 823 g/mol. The molecule has 0 amide bonds. The maximum absolute atomic E-state index is 8.24. The molecular weight excluding hydrogens is 729 g/mol. The Morgan fingerprint density at radius 3 is 0.673 bits per heavy atom. The van der Waals surface area contributed by atoms with Crippen LogP contribution in [0.2, 0.25) is 62.0 Å². The van der Waals surface area contributed by atoms with Gasteiger partial charge in [0.05, 0.1) is 0 Å². The Kier molecular flexibility index (Phi) is 24.3. The van der Waals surface area contributed by atoms with Crippen molar-refractivity contribution in [2.24, 2.45) is 0 Å². The first-order chi connectivity index (χ1) is 24.0. The molecule has 0 bridgehead atoms. The molecule has 0 aliphatic rings. The van der Waals surface area contributed by atoms with Gasteiger partial charge >= 0.3 is 17.6 Å². The molecule has 0 saturated heterocycles. The van der Waals surface area contributed by atoms with Gasteiger partial charge in [0.1, 0.15) is 0 Å². The SMILES string of the molecule is CCO[Si](CCCCCCCC[Si](O[Si](C(C)C)(C(C)C)C(C)C)(O[Si](C(C)C)(C(C)C)C(C)C)O[Si](C(C)C)(C(C)C)C(C)C)(OCC)OCC. The molecule has 11 heteroatoms. The van der Waals surface area contributed by atoms with Gasteiger partial charge in [0, 0.05) is 31.9 Å². The molecule has 0 radical (unpaired) electrons. The summed E-state index contributed by atoms with van der Waals surface area (Å²) >= 11 is 0. The number of hydrogen-bond donors (Lipinski definition) is 0. The van der Waals surface area contributed by atoms with Gasteiger partial charge in [-0.25, -0.2) is 0 Å². The molecule has 0 saturated carbocycles. The highest BCUT2D eigenvalue weighted by Gasteiger charge is 2.63. The molecule has 52 heavy (non-hydrogen) atoms. The average molecular weight is 824 g/mol. The highest BCUT2D eigenvalue weighted by atomic mass is 28.5. The molecule has 0 N–H and O–H groups in total. The minimum atomic E-state index is -3.25. The lowest BCUT2D eigenvalue weighted by Gasteiger charge is -2.56. The van der Waals surface area contributed by atoms with E-state index in [0.717, 1.165) is 24.9 Å². The van der Waals surface area contributed by atoms with E-state index >= 15 is 0 Å². The molecule has 0 unspecified atom stereocenters. The van der Waals surface area contributed by atoms with Crippen LogP contribution in [0.4, 0.5) is 0 Å². The third-order valence-corrected chi connectivity index (χ3v) is 40.8. The maximum atomic E-state index is 8.24. The summed E-state index contributed by atoms with van der Waals surface area (Å²) in [5, 5.41) is 0. The average Bonchev–Trinajstić information content (AvgIpc) is 3.01. The van der Waals surface area contributed by atoms with Crippen LogP contribution >= 0.6 is 0 Å². The number of unbranched alkanes of at least 4 members (excludes halogenated alkanes) is 5. The lowest BCUT2D eigenvalue weighted by Crippen LogP contribution is -2.69. The van der Waals surface area contributed by atoms with Crippen molar-refractivity contribution in [1.29, 1.82) is 0 Å². The molecule has 0 aliphatic carbocycles. The normalized spacial score (nSPS) is 14.4. The molecule has 0 aromatic heterocycles. The fourth-order valence-electron chi connectivity index (χ4n) is 10.5. The van der Waals surface area contributed by atoms with Crippen LogP contribution in [0.15, 0.2) is 0 Å². The van der Waals surface area contributed by atoms with Gasteiger partial charge in [-0.2, -0.15) is 0 Å². The van der Waals surface area contributed by atoms with E-state index in [1.165, 1.54) is 25.7 Å². The maximum Gasteiger partial charge on any atom is 0.500 e. The van der Waals surface area contributed by atoms with Gasteiger partial charge in [0.15, 0.2) is 25.0 Å². The van der Waals surface area contributed by atoms with Crippen molar-refractivity contribution in [3.05, 3.63) is 0 Å². The summed E-state index contributed by atoms with van der Waals surface area (Å²) < 4.78 is 43.1. The summed E-state index contributed by atoms with van der Waals surface area (Å²) in [6.45, 7) is 51.8. The molecule has 0 rings (SSSR count). The summed E-state index contributed by atoms with van der Waals surface area (Å²) in [6, 6.07) is 1.84. The van der Waals surface area contributed by atoms with Gasteiger partial charge in [-0.3, -0.25) is 0 Å². The molecule has 0 spiro atoms. The van der Waals surface area contributed by atoms with E-state index in [1.54, 1.807) is 0 Å². The van der Waals surface area contributed by atoms with Gasteiger partial charge in [0.25, 0.3) is 0 Å². The smallest absolute Gasteiger partial charge is 0.415 e. The second-order valence-electron chi connectivity index (χ2n) is 18.5. The van der Waals surface area contributed by atoms with Crippen LogP contribution in [0.1, 0.15) is 184 Å². The molecule has 0 atom stereocenters. The molecular formula is C41H94O6Si5. The first kappa shape index (κ1) is 52.8. The van der Waals surface area contributed by atoms with Gasteiger partial charge in [-0.05, 0) is 83.5 Å². The highest BCUT2D eigenvalue weighted by molar-refractivity contribution is 6.94. The van der Waals surface area contributed by atoms with Crippen molar-refractivity contribution in [2.75, 3.05) is 19.8 Å². The van der Waals surface area contributed by atoms with Crippen molar-refractivity contribution >= 4 is 42.6 Å². The van der Waals surface area contributed by atoms with E-state index < -0.39 is 42.6 Å². The topological polar surface area (TPSA) is 55.4 Å². The first-order valence-electron chi connectivity index (χ1n) is 22.0. The minimum Gasteiger partial charge on any atom is -0.415 e. The molecule has 0 aliphatic heterocycles. The fraction of sp³-hybridized carbons (Fsp3) is 1.00. The van der Waals surface area contributed by atoms with Crippen LogP contribution in [-0.4, -0.2) is 62.4 Å². The Hall–Kier alpha value is 0.844. The molecule has 0 aromatic carbocycles. The molecule has 314 valence electrons. The fourth-order valence-corrected chi connectivity index (χ4v) is 43.6. The summed E-state index contributed by atoms with van der Waals surface area (Å²) in [6.07, 6.45) is 6.95. The summed E-state index contributed by atoms with van der Waals surface area (Å²) in [5.41, 5.74) is 4.20. The van der Waals surface area contributed by atoms with Crippen molar-refractivity contribution in [3.8, 4) is 0 Å². The highest BCUT2D eigenvalue weighted by Crippen LogP contribution is 2.53. The lowest BCUT2D eigenvalue weighted by atomic mass is 10.1. The molecule has 0 heterocycles. The Balaban J connectivity index is 7.07. The van der Waals surface area contributed by atoms with Crippen molar-refractivity contribution < 1.29 is 25.6 Å². The second kappa shape index (κ2) is 23.9.